The monoisotopic (exact) mass is 662 g/mol. The molecule has 0 aliphatic carbocycles. The summed E-state index contributed by atoms with van der Waals surface area (Å²) in [6.07, 6.45) is 1.39. The highest BCUT2D eigenvalue weighted by Crippen LogP contribution is 2.33. The second-order valence-corrected chi connectivity index (χ2v) is 12.4. The van der Waals surface area contributed by atoms with Crippen molar-refractivity contribution < 1.29 is 41.0 Å². The van der Waals surface area contributed by atoms with Gasteiger partial charge in [0.15, 0.2) is 16.9 Å². The summed E-state index contributed by atoms with van der Waals surface area (Å²) in [5.74, 6) is -0.248. The summed E-state index contributed by atoms with van der Waals surface area (Å²) < 4.78 is 45.0. The number of oxime groups is 1. The number of ether oxygens (including phenoxy) is 1. The number of hydrogen-bond acceptors (Lipinski definition) is 14. The summed E-state index contributed by atoms with van der Waals surface area (Å²) in [6.45, 7) is 5.79. The first-order valence-corrected chi connectivity index (χ1v) is 15.8. The molecule has 6 N–H and O–H groups in total. The van der Waals surface area contributed by atoms with Crippen molar-refractivity contribution in [3.63, 3.8) is 0 Å². The van der Waals surface area contributed by atoms with Crippen LogP contribution in [-0.2, 0) is 36.2 Å². The average Bonchev–Trinajstić information content (AvgIpc) is 3.42. The molecule has 0 saturated carbocycles. The first-order valence-electron chi connectivity index (χ1n) is 13.6. The van der Waals surface area contributed by atoms with Gasteiger partial charge in [-0.05, 0) is 44.5 Å². The second-order valence-electron chi connectivity index (χ2n) is 10.6. The van der Waals surface area contributed by atoms with Crippen molar-refractivity contribution >= 4 is 50.2 Å². The molecule has 1 saturated heterocycles. The van der Waals surface area contributed by atoms with Gasteiger partial charge in [-0.1, -0.05) is 17.3 Å². The number of aryl methyl sites for hydroxylation is 1. The minimum absolute atomic E-state index is 0.0809. The second kappa shape index (κ2) is 13.7. The molecule has 1 fully saturated rings. The number of pyridine rings is 1. The Bertz CT molecular complexity index is 1680. The number of aromatic nitrogens is 2. The molecule has 2 atom stereocenters. The van der Waals surface area contributed by atoms with E-state index in [-0.39, 0.29) is 23.1 Å². The Morgan fingerprint density at radius 3 is 2.51 bits per heavy atom. The summed E-state index contributed by atoms with van der Waals surface area (Å²) >= 11 is 1.06. The Hall–Kier alpha value is -4.36. The van der Waals surface area contributed by atoms with Crippen LogP contribution in [0, 0.1) is 0 Å². The number of nitrogen functional groups attached to an aromatic ring is 1. The number of nitrogens with two attached hydrogens (primary N) is 2. The number of anilines is 2. The maximum atomic E-state index is 13.2. The highest BCUT2D eigenvalue weighted by molar-refractivity contribution is 7.80. The number of thiazole rings is 1. The lowest BCUT2D eigenvalue weighted by atomic mass is 9.84. The summed E-state index contributed by atoms with van der Waals surface area (Å²) in [4.78, 5) is 35.2. The molecule has 1 aromatic carbocycles. The molecule has 1 aliphatic heterocycles. The van der Waals surface area contributed by atoms with Crippen molar-refractivity contribution in [1.29, 1.82) is 0 Å². The van der Waals surface area contributed by atoms with Gasteiger partial charge < -0.3 is 30.9 Å². The molecule has 0 spiro atoms. The largest absolute Gasteiger partial charge is 0.724 e. The highest BCUT2D eigenvalue weighted by Gasteiger charge is 2.57. The Balaban J connectivity index is 1.38. The van der Waals surface area contributed by atoms with Crippen molar-refractivity contribution in [2.45, 2.75) is 38.5 Å². The molecule has 2 amide bonds. The number of rotatable bonds is 14. The van der Waals surface area contributed by atoms with E-state index in [9.17, 15) is 22.6 Å². The average molecular weight is 663 g/mol. The van der Waals surface area contributed by atoms with Crippen LogP contribution in [0.25, 0.3) is 11.1 Å². The van der Waals surface area contributed by atoms with Crippen LogP contribution >= 0.6 is 11.3 Å². The third-order valence-electron chi connectivity index (χ3n) is 6.68. The molecular formula is C27H34N8O8S2. The van der Waals surface area contributed by atoms with Gasteiger partial charge in [-0.25, -0.2) is 18.0 Å². The van der Waals surface area contributed by atoms with Crippen LogP contribution in [0.3, 0.4) is 0 Å². The SMILES string of the molecule is C[C@@H](COc1ccc(-c2ccc(NCCN)[n+](C)c2)cc1)O/N=C(\C(=O)N[C@@H]1C(=O)N(OS(=O)(=O)[O-])C1(C)C)c1csc(N)n1. The van der Waals surface area contributed by atoms with Crippen LogP contribution < -0.4 is 31.4 Å². The van der Waals surface area contributed by atoms with E-state index < -0.39 is 39.9 Å². The zero-order valence-electron chi connectivity index (χ0n) is 24.9. The summed E-state index contributed by atoms with van der Waals surface area (Å²) in [5.41, 5.74) is 11.8. The van der Waals surface area contributed by atoms with Crippen LogP contribution in [0.4, 0.5) is 10.9 Å². The maximum absolute atomic E-state index is 13.2. The Morgan fingerprint density at radius 2 is 1.93 bits per heavy atom. The molecule has 0 radical (unpaired) electrons. The van der Waals surface area contributed by atoms with E-state index in [1.807, 2.05) is 54.2 Å². The van der Waals surface area contributed by atoms with Crippen molar-refractivity contribution in [3.05, 3.63) is 53.7 Å². The molecule has 3 aromatic rings. The van der Waals surface area contributed by atoms with Gasteiger partial charge in [0, 0.05) is 23.6 Å². The Kier molecular flexibility index (Phi) is 10.2. The van der Waals surface area contributed by atoms with E-state index in [0.29, 0.717) is 23.9 Å². The Morgan fingerprint density at radius 1 is 1.24 bits per heavy atom. The molecule has 1 aliphatic rings. The first-order chi connectivity index (χ1) is 21.2. The lowest BCUT2D eigenvalue weighted by Gasteiger charge is -2.51. The van der Waals surface area contributed by atoms with Gasteiger partial charge in [-0.2, -0.15) is 9.35 Å². The lowest BCUT2D eigenvalue weighted by molar-refractivity contribution is -0.656. The fourth-order valence-electron chi connectivity index (χ4n) is 4.31. The molecule has 2 aromatic heterocycles. The summed E-state index contributed by atoms with van der Waals surface area (Å²) in [7, 11) is -3.25. The van der Waals surface area contributed by atoms with Crippen LogP contribution in [0.5, 0.6) is 5.75 Å². The van der Waals surface area contributed by atoms with Crippen LogP contribution in [-0.4, -0.2) is 77.9 Å². The topological polar surface area (TPSA) is 228 Å². The minimum Gasteiger partial charge on any atom is -0.724 e. The number of hydrogen-bond donors (Lipinski definition) is 4. The van der Waals surface area contributed by atoms with Crippen LogP contribution in [0.1, 0.15) is 26.5 Å². The van der Waals surface area contributed by atoms with Gasteiger partial charge in [0.1, 0.15) is 24.1 Å². The van der Waals surface area contributed by atoms with E-state index in [1.165, 1.54) is 19.2 Å². The van der Waals surface area contributed by atoms with Crippen LogP contribution in [0.2, 0.25) is 0 Å². The predicted octanol–water partition coefficient (Wildman–Crippen LogP) is 0.273. The molecule has 45 heavy (non-hydrogen) atoms. The normalized spacial score (nSPS) is 16.9. The number of amides is 2. The highest BCUT2D eigenvalue weighted by atomic mass is 32.3. The van der Waals surface area contributed by atoms with Crippen molar-refractivity contribution in [1.82, 2.24) is 15.4 Å². The predicted molar refractivity (Wildman–Crippen MR) is 163 cm³/mol. The van der Waals surface area contributed by atoms with Crippen molar-refractivity contribution in [2.24, 2.45) is 17.9 Å². The standard InChI is InChI=1S/C27H34N8O8S2/c1-16(14-41-19-8-5-17(6-9-19)18-7-10-21(30-12-11-28)34(4)13-18)42-33-22(20-15-44-26(29)31-20)24(36)32-23-25(37)35(27(23,2)3)43-45(38,39)40/h5-10,13,15-16,23H,11-12,14,28H2,1-4H3,(H4,29,31,32,36,38,39,40)/b33-22-/t16-,23+/m0/s1. The minimum atomic E-state index is -5.20. The van der Waals surface area contributed by atoms with E-state index in [0.717, 1.165) is 28.3 Å². The van der Waals surface area contributed by atoms with E-state index >= 15 is 0 Å². The van der Waals surface area contributed by atoms with Crippen molar-refractivity contribution in [3.8, 4) is 16.9 Å². The molecule has 0 bridgehead atoms. The van der Waals surface area contributed by atoms with E-state index in [4.69, 9.17) is 21.0 Å². The number of nitrogens with one attached hydrogen (secondary N) is 2. The van der Waals surface area contributed by atoms with Gasteiger partial charge in [0.25, 0.3) is 17.6 Å². The van der Waals surface area contributed by atoms with Gasteiger partial charge >= 0.3 is 0 Å². The smallest absolute Gasteiger partial charge is 0.276 e. The number of carbonyl (C=O) groups is 2. The zero-order valence-corrected chi connectivity index (χ0v) is 26.6. The van der Waals surface area contributed by atoms with E-state index in [1.54, 1.807) is 6.92 Å². The van der Waals surface area contributed by atoms with E-state index in [2.05, 4.69) is 25.1 Å². The number of hydroxylamine groups is 2. The zero-order chi connectivity index (χ0) is 32.9. The Labute approximate surface area is 263 Å². The molecule has 16 nitrogen and oxygen atoms in total. The third-order valence-corrected chi connectivity index (χ3v) is 7.68. The maximum Gasteiger partial charge on any atom is 0.276 e. The molecule has 18 heteroatoms. The van der Waals surface area contributed by atoms with Gasteiger partial charge in [0.2, 0.25) is 10.4 Å². The number of nitrogens with zero attached hydrogens (tertiary/aromatic N) is 4. The summed E-state index contributed by atoms with van der Waals surface area (Å²) in [6, 6.07) is 10.3. The number of β-lactam (4-membered cyclic amide) rings is 1. The van der Waals surface area contributed by atoms with Crippen LogP contribution in [0.15, 0.2) is 53.1 Å². The fraction of sp³-hybridized carbons (Fsp3) is 0.370. The van der Waals surface area contributed by atoms with Crippen molar-refractivity contribution in [2.75, 3.05) is 30.7 Å². The molecule has 4 rings (SSSR count). The molecule has 3 heterocycles. The number of carbonyl (C=O) groups excluding carboxylic acids is 2. The molecule has 242 valence electrons. The van der Waals surface area contributed by atoms with Gasteiger partial charge in [0.05, 0.1) is 25.3 Å². The fourth-order valence-corrected chi connectivity index (χ4v) is 5.31. The quantitative estimate of drug-likeness (QED) is 0.0456. The molecular weight excluding hydrogens is 628 g/mol. The lowest BCUT2D eigenvalue weighted by Crippen LogP contribution is -2.76. The third kappa shape index (κ3) is 8.22. The van der Waals surface area contributed by atoms with Gasteiger partial charge in [-0.3, -0.25) is 14.9 Å². The number of benzene rings is 1. The molecule has 0 unspecified atom stereocenters. The summed E-state index contributed by atoms with van der Waals surface area (Å²) in [5, 5.41) is 11.7. The van der Waals surface area contributed by atoms with Gasteiger partial charge in [-0.15, -0.1) is 11.3 Å². The first kappa shape index (κ1) is 33.5.